The van der Waals surface area contributed by atoms with Gasteiger partial charge in [0, 0.05) is 29.4 Å². The minimum atomic E-state index is -0.268. The molecule has 1 aromatic carbocycles. The lowest BCUT2D eigenvalue weighted by molar-refractivity contribution is 0.154. The van der Waals surface area contributed by atoms with E-state index in [1.165, 1.54) is 0 Å². The number of piperidine rings is 1. The molecule has 0 spiro atoms. The number of hydrogen-bond acceptors (Lipinski definition) is 3. The van der Waals surface area contributed by atoms with Gasteiger partial charge in [0.25, 0.3) is 0 Å². The second-order valence-corrected chi connectivity index (χ2v) is 4.61. The predicted octanol–water partition coefficient (Wildman–Crippen LogP) is 1.79. The lowest BCUT2D eigenvalue weighted by Gasteiger charge is -2.33. The molecule has 16 heavy (non-hydrogen) atoms. The second-order valence-electron chi connectivity index (χ2n) is 4.17. The summed E-state index contributed by atoms with van der Waals surface area (Å²) in [5.41, 5.74) is 1.80. The third-order valence-corrected chi connectivity index (χ3v) is 3.18. The van der Waals surface area contributed by atoms with Crippen molar-refractivity contribution in [3.8, 4) is 0 Å². The maximum atomic E-state index is 9.63. The van der Waals surface area contributed by atoms with Crippen molar-refractivity contribution in [2.24, 2.45) is 0 Å². The molecular weight excluding hydrogens is 226 g/mol. The van der Waals surface area contributed by atoms with Gasteiger partial charge in [0.15, 0.2) is 0 Å². The van der Waals surface area contributed by atoms with E-state index < -0.39 is 0 Å². The smallest absolute Gasteiger partial charge is 0.0715 e. The fourth-order valence-corrected chi connectivity index (χ4v) is 2.36. The van der Waals surface area contributed by atoms with Gasteiger partial charge in [-0.25, -0.2) is 0 Å². The van der Waals surface area contributed by atoms with E-state index in [1.807, 2.05) is 12.1 Å². The summed E-state index contributed by atoms with van der Waals surface area (Å²) in [6.45, 7) is 1.53. The third-order valence-electron chi connectivity index (χ3n) is 2.95. The zero-order chi connectivity index (χ0) is 11.5. The van der Waals surface area contributed by atoms with E-state index in [4.69, 9.17) is 11.6 Å². The van der Waals surface area contributed by atoms with Crippen molar-refractivity contribution in [1.29, 1.82) is 0 Å². The van der Waals surface area contributed by atoms with Gasteiger partial charge < -0.3 is 15.1 Å². The Balaban J connectivity index is 2.24. The van der Waals surface area contributed by atoms with E-state index in [1.54, 1.807) is 6.07 Å². The minimum absolute atomic E-state index is 0.0253. The Morgan fingerprint density at radius 2 is 2.25 bits per heavy atom. The maximum Gasteiger partial charge on any atom is 0.0715 e. The summed E-state index contributed by atoms with van der Waals surface area (Å²) >= 11 is 5.88. The standard InChI is InChI=1S/C12H16ClNO2/c13-10-3-4-12(9(6-10)8-15)14-5-1-2-11(16)7-14/h3-4,6,11,15-16H,1-2,5,7-8H2. The molecule has 1 unspecified atom stereocenters. The number of β-amino-alcohol motifs (C(OH)–C–C–N with tert-alkyl or cyclic N) is 1. The number of aliphatic hydroxyl groups excluding tert-OH is 2. The number of halogens is 1. The summed E-state index contributed by atoms with van der Waals surface area (Å²) in [5, 5.41) is 19.6. The molecule has 88 valence electrons. The van der Waals surface area contributed by atoms with Crippen LogP contribution in [0.25, 0.3) is 0 Å². The van der Waals surface area contributed by atoms with Gasteiger partial charge in [0.05, 0.1) is 12.7 Å². The average Bonchev–Trinajstić information content (AvgIpc) is 2.28. The fraction of sp³-hybridized carbons (Fsp3) is 0.500. The van der Waals surface area contributed by atoms with Gasteiger partial charge in [0.1, 0.15) is 0 Å². The Morgan fingerprint density at radius 3 is 2.94 bits per heavy atom. The van der Waals surface area contributed by atoms with Gasteiger partial charge in [-0.2, -0.15) is 0 Å². The predicted molar refractivity (Wildman–Crippen MR) is 64.8 cm³/mol. The molecule has 0 bridgehead atoms. The van der Waals surface area contributed by atoms with Crippen LogP contribution < -0.4 is 4.90 Å². The fourth-order valence-electron chi connectivity index (χ4n) is 2.16. The maximum absolute atomic E-state index is 9.63. The summed E-state index contributed by atoms with van der Waals surface area (Å²) in [7, 11) is 0. The summed E-state index contributed by atoms with van der Waals surface area (Å²) in [5.74, 6) is 0. The molecule has 0 aliphatic carbocycles. The minimum Gasteiger partial charge on any atom is -0.392 e. The van der Waals surface area contributed by atoms with Crippen molar-refractivity contribution in [1.82, 2.24) is 0 Å². The summed E-state index contributed by atoms with van der Waals surface area (Å²) in [4.78, 5) is 2.11. The highest BCUT2D eigenvalue weighted by Gasteiger charge is 2.19. The first-order valence-electron chi connectivity index (χ1n) is 5.53. The van der Waals surface area contributed by atoms with Crippen LogP contribution in [-0.4, -0.2) is 29.4 Å². The van der Waals surface area contributed by atoms with Crippen molar-refractivity contribution in [2.45, 2.75) is 25.6 Å². The molecule has 0 saturated carbocycles. The molecule has 0 radical (unpaired) electrons. The first-order valence-corrected chi connectivity index (χ1v) is 5.91. The molecule has 1 saturated heterocycles. The van der Waals surface area contributed by atoms with Crippen LogP contribution in [0.1, 0.15) is 18.4 Å². The third kappa shape index (κ3) is 2.48. The lowest BCUT2D eigenvalue weighted by Crippen LogP contribution is -2.38. The Hall–Kier alpha value is -0.770. The van der Waals surface area contributed by atoms with Gasteiger partial charge in [-0.15, -0.1) is 0 Å². The molecule has 1 fully saturated rings. The van der Waals surface area contributed by atoms with Crippen LogP contribution >= 0.6 is 11.6 Å². The van der Waals surface area contributed by atoms with E-state index >= 15 is 0 Å². The first-order chi connectivity index (χ1) is 7.70. The van der Waals surface area contributed by atoms with Crippen molar-refractivity contribution in [3.05, 3.63) is 28.8 Å². The molecule has 0 aromatic heterocycles. The highest BCUT2D eigenvalue weighted by Crippen LogP contribution is 2.27. The summed E-state index contributed by atoms with van der Waals surface area (Å²) in [6.07, 6.45) is 1.57. The molecule has 1 aliphatic heterocycles. The number of rotatable bonds is 2. The van der Waals surface area contributed by atoms with E-state index in [0.717, 1.165) is 30.6 Å². The van der Waals surface area contributed by atoms with E-state index in [0.29, 0.717) is 11.6 Å². The van der Waals surface area contributed by atoms with Crippen LogP contribution in [0.4, 0.5) is 5.69 Å². The zero-order valence-electron chi connectivity index (χ0n) is 9.06. The Kier molecular flexibility index (Phi) is 3.69. The molecule has 3 nitrogen and oxygen atoms in total. The van der Waals surface area contributed by atoms with Crippen LogP contribution in [0.3, 0.4) is 0 Å². The molecule has 0 amide bonds. The number of benzene rings is 1. The van der Waals surface area contributed by atoms with Crippen LogP contribution in [0.2, 0.25) is 5.02 Å². The Morgan fingerprint density at radius 1 is 1.44 bits per heavy atom. The highest BCUT2D eigenvalue weighted by atomic mass is 35.5. The van der Waals surface area contributed by atoms with Gasteiger partial charge in [0.2, 0.25) is 0 Å². The van der Waals surface area contributed by atoms with Crippen LogP contribution in [0, 0.1) is 0 Å². The monoisotopic (exact) mass is 241 g/mol. The topological polar surface area (TPSA) is 43.7 Å². The summed E-state index contributed by atoms with van der Waals surface area (Å²) < 4.78 is 0. The van der Waals surface area contributed by atoms with Crippen molar-refractivity contribution in [2.75, 3.05) is 18.0 Å². The normalized spacial score (nSPS) is 21.2. The van der Waals surface area contributed by atoms with Gasteiger partial charge >= 0.3 is 0 Å². The number of hydrogen-bond donors (Lipinski definition) is 2. The number of anilines is 1. The van der Waals surface area contributed by atoms with Gasteiger partial charge in [-0.05, 0) is 31.0 Å². The van der Waals surface area contributed by atoms with Crippen molar-refractivity contribution < 1.29 is 10.2 Å². The largest absolute Gasteiger partial charge is 0.392 e. The van der Waals surface area contributed by atoms with E-state index in [2.05, 4.69) is 4.90 Å². The highest BCUT2D eigenvalue weighted by molar-refractivity contribution is 6.30. The summed E-state index contributed by atoms with van der Waals surface area (Å²) in [6, 6.07) is 5.50. The number of nitrogens with zero attached hydrogens (tertiary/aromatic N) is 1. The molecular formula is C12H16ClNO2. The van der Waals surface area contributed by atoms with Gasteiger partial charge in [-0.3, -0.25) is 0 Å². The molecule has 2 N–H and O–H groups in total. The average molecular weight is 242 g/mol. The van der Waals surface area contributed by atoms with Crippen molar-refractivity contribution in [3.63, 3.8) is 0 Å². The molecule has 1 aromatic rings. The van der Waals surface area contributed by atoms with Gasteiger partial charge in [-0.1, -0.05) is 11.6 Å². The Labute approximate surface area is 100 Å². The molecule has 1 aliphatic rings. The van der Waals surface area contributed by atoms with E-state index in [9.17, 15) is 10.2 Å². The van der Waals surface area contributed by atoms with E-state index in [-0.39, 0.29) is 12.7 Å². The molecule has 1 atom stereocenters. The Bertz CT molecular complexity index is 370. The quantitative estimate of drug-likeness (QED) is 0.830. The molecule has 4 heteroatoms. The molecule has 2 rings (SSSR count). The zero-order valence-corrected chi connectivity index (χ0v) is 9.82. The number of aliphatic hydroxyl groups is 2. The molecule has 1 heterocycles. The van der Waals surface area contributed by atoms with Crippen LogP contribution in [0.15, 0.2) is 18.2 Å². The lowest BCUT2D eigenvalue weighted by atomic mass is 10.1. The second kappa shape index (κ2) is 5.04. The van der Waals surface area contributed by atoms with Crippen molar-refractivity contribution >= 4 is 17.3 Å². The first kappa shape index (κ1) is 11.7. The van der Waals surface area contributed by atoms with Crippen LogP contribution in [0.5, 0.6) is 0 Å². The van der Waals surface area contributed by atoms with Crippen LogP contribution in [-0.2, 0) is 6.61 Å². The SMILES string of the molecule is OCc1cc(Cl)ccc1N1CCCC(O)C1.